The van der Waals surface area contributed by atoms with Crippen molar-refractivity contribution >= 4 is 5.82 Å². The van der Waals surface area contributed by atoms with E-state index in [9.17, 15) is 5.11 Å². The number of anilines is 1. The quantitative estimate of drug-likeness (QED) is 0.843. The Labute approximate surface area is 109 Å². The topological polar surface area (TPSA) is 44.5 Å². The fourth-order valence-electron chi connectivity index (χ4n) is 2.69. The molecule has 0 spiro atoms. The van der Waals surface area contributed by atoms with Crippen molar-refractivity contribution in [3.8, 4) is 0 Å². The van der Waals surface area contributed by atoms with Gasteiger partial charge in [-0.2, -0.15) is 5.10 Å². The minimum atomic E-state index is 0.0573. The maximum absolute atomic E-state index is 9.53. The van der Waals surface area contributed by atoms with Gasteiger partial charge < -0.3 is 10.0 Å². The van der Waals surface area contributed by atoms with Gasteiger partial charge in [0.15, 0.2) is 0 Å². The third kappa shape index (κ3) is 2.12. The van der Waals surface area contributed by atoms with Gasteiger partial charge in [-0.25, -0.2) is 0 Å². The largest absolute Gasteiger partial charge is 0.391 e. The third-order valence-corrected chi connectivity index (χ3v) is 4.09. The molecule has 1 aliphatic heterocycles. The van der Waals surface area contributed by atoms with Crippen LogP contribution in [0.2, 0.25) is 0 Å². The van der Waals surface area contributed by atoms with Crippen molar-refractivity contribution in [3.63, 3.8) is 0 Å². The van der Waals surface area contributed by atoms with Crippen LogP contribution in [-0.2, 0) is 13.7 Å². The van der Waals surface area contributed by atoms with Gasteiger partial charge in [-0.1, -0.05) is 0 Å². The number of piperazine rings is 1. The first-order valence-electron chi connectivity index (χ1n) is 6.46. The van der Waals surface area contributed by atoms with Crippen molar-refractivity contribution in [2.45, 2.75) is 32.9 Å². The Morgan fingerprint density at radius 1 is 1.28 bits per heavy atom. The van der Waals surface area contributed by atoms with Gasteiger partial charge in [-0.05, 0) is 27.8 Å². The number of rotatable bonds is 2. The molecule has 1 saturated heterocycles. The summed E-state index contributed by atoms with van der Waals surface area (Å²) >= 11 is 0. The molecule has 0 radical (unpaired) electrons. The van der Waals surface area contributed by atoms with Gasteiger partial charge in [0.25, 0.3) is 0 Å². The minimum Gasteiger partial charge on any atom is -0.391 e. The van der Waals surface area contributed by atoms with Crippen molar-refractivity contribution < 1.29 is 5.11 Å². The summed E-state index contributed by atoms with van der Waals surface area (Å²) in [4.78, 5) is 4.72. The predicted molar refractivity (Wildman–Crippen MR) is 72.8 cm³/mol. The Balaban J connectivity index is 2.33. The highest BCUT2D eigenvalue weighted by Crippen LogP contribution is 2.28. The standard InChI is InChI=1S/C13H24N4O/c1-10-11(8-18)12(16(5)14-10)17-7-6-15(4)13(2,3)9-17/h18H,6-9H2,1-5H3. The van der Waals surface area contributed by atoms with Crippen LogP contribution < -0.4 is 4.90 Å². The third-order valence-electron chi connectivity index (χ3n) is 4.09. The van der Waals surface area contributed by atoms with Gasteiger partial charge in [0, 0.05) is 37.8 Å². The number of hydrogen-bond donors (Lipinski definition) is 1. The Kier molecular flexibility index (Phi) is 3.38. The molecular formula is C13H24N4O. The molecule has 0 unspecified atom stereocenters. The van der Waals surface area contributed by atoms with Crippen LogP contribution in [0.15, 0.2) is 0 Å². The fourth-order valence-corrected chi connectivity index (χ4v) is 2.69. The minimum absolute atomic E-state index is 0.0573. The lowest BCUT2D eigenvalue weighted by Gasteiger charge is -2.46. The van der Waals surface area contributed by atoms with Crippen molar-refractivity contribution in [2.75, 3.05) is 31.6 Å². The average molecular weight is 252 g/mol. The van der Waals surface area contributed by atoms with E-state index in [1.54, 1.807) is 0 Å². The van der Waals surface area contributed by atoms with E-state index in [1.807, 2.05) is 18.7 Å². The van der Waals surface area contributed by atoms with E-state index >= 15 is 0 Å². The number of hydrogen-bond acceptors (Lipinski definition) is 4. The highest BCUT2D eigenvalue weighted by Gasteiger charge is 2.33. The number of nitrogens with zero attached hydrogens (tertiary/aromatic N) is 4. The van der Waals surface area contributed by atoms with Gasteiger partial charge in [-0.3, -0.25) is 9.58 Å². The Hall–Kier alpha value is -1.07. The number of aryl methyl sites for hydroxylation is 2. The van der Waals surface area contributed by atoms with Crippen molar-refractivity contribution in [1.82, 2.24) is 14.7 Å². The molecule has 5 heteroatoms. The molecule has 1 aromatic rings. The molecule has 0 atom stereocenters. The van der Waals surface area contributed by atoms with Crippen LogP contribution in [0.3, 0.4) is 0 Å². The van der Waals surface area contributed by atoms with E-state index in [0.717, 1.165) is 36.7 Å². The molecule has 0 amide bonds. The predicted octanol–water partition coefficient (Wildman–Crippen LogP) is 0.751. The lowest BCUT2D eigenvalue weighted by Crippen LogP contribution is -2.58. The Morgan fingerprint density at radius 3 is 2.50 bits per heavy atom. The first-order chi connectivity index (χ1) is 8.36. The monoisotopic (exact) mass is 252 g/mol. The molecule has 2 heterocycles. The molecule has 1 N–H and O–H groups in total. The summed E-state index contributed by atoms with van der Waals surface area (Å²) in [5.41, 5.74) is 2.02. The summed E-state index contributed by atoms with van der Waals surface area (Å²) in [6.07, 6.45) is 0. The molecule has 0 aliphatic carbocycles. The number of likely N-dealkylation sites (N-methyl/N-ethyl adjacent to an activating group) is 1. The molecule has 18 heavy (non-hydrogen) atoms. The van der Waals surface area contributed by atoms with Crippen LogP contribution in [0, 0.1) is 6.92 Å². The van der Waals surface area contributed by atoms with Gasteiger partial charge in [0.05, 0.1) is 12.3 Å². The fraction of sp³-hybridized carbons (Fsp3) is 0.769. The summed E-state index contributed by atoms with van der Waals surface area (Å²) in [6.45, 7) is 9.48. The van der Waals surface area contributed by atoms with Crippen LogP contribution in [0.5, 0.6) is 0 Å². The first-order valence-corrected chi connectivity index (χ1v) is 6.46. The zero-order valence-electron chi connectivity index (χ0n) is 12.1. The molecule has 2 rings (SSSR count). The number of aromatic nitrogens is 2. The molecule has 5 nitrogen and oxygen atoms in total. The smallest absolute Gasteiger partial charge is 0.132 e. The molecule has 1 fully saturated rings. The lowest BCUT2D eigenvalue weighted by molar-refractivity contribution is 0.137. The normalized spacial score (nSPS) is 20.4. The van der Waals surface area contributed by atoms with Crippen LogP contribution in [0.4, 0.5) is 5.82 Å². The summed E-state index contributed by atoms with van der Waals surface area (Å²) in [5, 5.41) is 14.0. The second-order valence-electron chi connectivity index (χ2n) is 5.82. The van der Waals surface area contributed by atoms with E-state index in [2.05, 4.69) is 35.8 Å². The van der Waals surface area contributed by atoms with E-state index in [1.165, 1.54) is 0 Å². The van der Waals surface area contributed by atoms with Crippen molar-refractivity contribution in [2.24, 2.45) is 7.05 Å². The van der Waals surface area contributed by atoms with Gasteiger partial charge >= 0.3 is 0 Å². The van der Waals surface area contributed by atoms with Crippen molar-refractivity contribution in [3.05, 3.63) is 11.3 Å². The second-order valence-corrected chi connectivity index (χ2v) is 5.82. The Morgan fingerprint density at radius 2 is 1.94 bits per heavy atom. The molecule has 0 saturated carbocycles. The second kappa shape index (κ2) is 4.55. The number of aliphatic hydroxyl groups is 1. The average Bonchev–Trinajstić information content (AvgIpc) is 2.57. The summed E-state index contributed by atoms with van der Waals surface area (Å²) < 4.78 is 1.89. The van der Waals surface area contributed by atoms with Crippen LogP contribution in [-0.4, -0.2) is 52.0 Å². The molecular weight excluding hydrogens is 228 g/mol. The molecule has 1 aromatic heterocycles. The van der Waals surface area contributed by atoms with E-state index in [-0.39, 0.29) is 12.1 Å². The van der Waals surface area contributed by atoms with Gasteiger partial charge in [0.2, 0.25) is 0 Å². The van der Waals surface area contributed by atoms with E-state index < -0.39 is 0 Å². The molecule has 0 aromatic carbocycles. The molecule has 1 aliphatic rings. The van der Waals surface area contributed by atoms with E-state index in [0.29, 0.717) is 0 Å². The number of aliphatic hydroxyl groups excluding tert-OH is 1. The SMILES string of the molecule is Cc1nn(C)c(N2CCN(C)C(C)(C)C2)c1CO. The Bertz CT molecular complexity index is 438. The van der Waals surface area contributed by atoms with Crippen LogP contribution in [0.1, 0.15) is 25.1 Å². The van der Waals surface area contributed by atoms with Crippen LogP contribution in [0.25, 0.3) is 0 Å². The van der Waals surface area contributed by atoms with E-state index in [4.69, 9.17) is 0 Å². The van der Waals surface area contributed by atoms with Gasteiger partial charge in [-0.15, -0.1) is 0 Å². The van der Waals surface area contributed by atoms with Crippen molar-refractivity contribution in [1.29, 1.82) is 0 Å². The molecule has 102 valence electrons. The summed E-state index contributed by atoms with van der Waals surface area (Å²) in [7, 11) is 4.12. The maximum atomic E-state index is 9.53. The maximum Gasteiger partial charge on any atom is 0.132 e. The summed E-state index contributed by atoms with van der Waals surface area (Å²) in [6, 6.07) is 0. The molecule has 0 bridgehead atoms. The first kappa shape index (κ1) is 13.4. The zero-order chi connectivity index (χ0) is 13.5. The highest BCUT2D eigenvalue weighted by atomic mass is 16.3. The zero-order valence-corrected chi connectivity index (χ0v) is 12.1. The highest BCUT2D eigenvalue weighted by molar-refractivity contribution is 5.50. The van der Waals surface area contributed by atoms with Gasteiger partial charge in [0.1, 0.15) is 5.82 Å². The van der Waals surface area contributed by atoms with Crippen LogP contribution >= 0.6 is 0 Å². The lowest BCUT2D eigenvalue weighted by atomic mass is 9.99. The summed E-state index contributed by atoms with van der Waals surface area (Å²) in [5.74, 6) is 1.07.